The van der Waals surface area contributed by atoms with Gasteiger partial charge in [0.05, 0.1) is 10.5 Å². The van der Waals surface area contributed by atoms with Crippen molar-refractivity contribution in [2.24, 2.45) is 0 Å². The number of nitrogens with zero attached hydrogens (tertiary/aromatic N) is 2. The van der Waals surface area contributed by atoms with E-state index in [0.717, 1.165) is 25.3 Å². The van der Waals surface area contributed by atoms with Gasteiger partial charge in [-0.05, 0) is 45.2 Å². The van der Waals surface area contributed by atoms with E-state index in [9.17, 15) is 19.7 Å². The van der Waals surface area contributed by atoms with Gasteiger partial charge in [0, 0.05) is 18.2 Å². The molecule has 0 saturated carbocycles. The monoisotopic (exact) mass is 354 g/mol. The van der Waals surface area contributed by atoms with Gasteiger partial charge < -0.3 is 9.64 Å². The summed E-state index contributed by atoms with van der Waals surface area (Å²) in [6.07, 6.45) is 2.92. The van der Waals surface area contributed by atoms with Crippen LogP contribution >= 0.6 is 11.6 Å². The van der Waals surface area contributed by atoms with Crippen LogP contribution in [-0.2, 0) is 9.53 Å². The Kier molecular flexibility index (Phi) is 5.77. The summed E-state index contributed by atoms with van der Waals surface area (Å²) < 4.78 is 5.02. The van der Waals surface area contributed by atoms with Gasteiger partial charge >= 0.3 is 5.97 Å². The average molecular weight is 355 g/mol. The number of likely N-dealkylation sites (tertiary alicyclic amines) is 1. The van der Waals surface area contributed by atoms with Gasteiger partial charge in [0.15, 0.2) is 6.61 Å². The van der Waals surface area contributed by atoms with Crippen molar-refractivity contribution < 1.29 is 19.2 Å². The zero-order chi connectivity index (χ0) is 17.9. The Hall–Kier alpha value is -2.15. The van der Waals surface area contributed by atoms with Crippen molar-refractivity contribution in [1.82, 2.24) is 4.90 Å². The van der Waals surface area contributed by atoms with E-state index in [1.807, 2.05) is 13.8 Å². The van der Waals surface area contributed by atoms with E-state index in [2.05, 4.69) is 0 Å². The molecular weight excluding hydrogens is 336 g/mol. The van der Waals surface area contributed by atoms with Gasteiger partial charge in [-0.3, -0.25) is 14.9 Å². The fourth-order valence-corrected chi connectivity index (χ4v) is 3.16. The minimum absolute atomic E-state index is 0.0151. The van der Waals surface area contributed by atoms with Crippen LogP contribution in [0.2, 0.25) is 5.02 Å². The van der Waals surface area contributed by atoms with Crippen LogP contribution in [0.3, 0.4) is 0 Å². The number of hydrogen-bond acceptors (Lipinski definition) is 5. The summed E-state index contributed by atoms with van der Waals surface area (Å²) in [6.45, 7) is 3.56. The summed E-state index contributed by atoms with van der Waals surface area (Å²) in [7, 11) is 0. The largest absolute Gasteiger partial charge is 0.452 e. The second kappa shape index (κ2) is 7.61. The van der Waals surface area contributed by atoms with E-state index in [-0.39, 0.29) is 40.9 Å². The smallest absolute Gasteiger partial charge is 0.338 e. The number of carbonyl (C=O) groups excluding carboxylic acids is 2. The van der Waals surface area contributed by atoms with Crippen LogP contribution in [-0.4, -0.2) is 40.4 Å². The normalized spacial score (nSPS) is 20.5. The molecule has 1 fully saturated rings. The Morgan fingerprint density at radius 1 is 1.33 bits per heavy atom. The molecule has 0 bridgehead atoms. The first kappa shape index (κ1) is 18.2. The number of nitro groups is 1. The van der Waals surface area contributed by atoms with Crippen molar-refractivity contribution in [2.45, 2.75) is 45.2 Å². The Balaban J connectivity index is 2.01. The SMILES string of the molecule is C[C@@H]1CCC[C@@H](C)N1C(=O)COC(=O)c1ccc(Cl)c([N+](=O)[O-])c1. The molecule has 0 spiro atoms. The molecular formula is C16H19ClN2O5. The summed E-state index contributed by atoms with van der Waals surface area (Å²) in [6, 6.07) is 3.84. The third kappa shape index (κ3) is 4.03. The van der Waals surface area contributed by atoms with Crippen LogP contribution in [0.25, 0.3) is 0 Å². The topological polar surface area (TPSA) is 89.8 Å². The van der Waals surface area contributed by atoms with Crippen molar-refractivity contribution in [3.63, 3.8) is 0 Å². The zero-order valence-corrected chi connectivity index (χ0v) is 14.3. The first-order chi connectivity index (χ1) is 11.3. The lowest BCUT2D eigenvalue weighted by atomic mass is 9.97. The van der Waals surface area contributed by atoms with Crippen molar-refractivity contribution in [1.29, 1.82) is 0 Å². The highest BCUT2D eigenvalue weighted by Gasteiger charge is 2.29. The molecule has 0 N–H and O–H groups in total. The van der Waals surface area contributed by atoms with Crippen molar-refractivity contribution in [2.75, 3.05) is 6.61 Å². The first-order valence-electron chi connectivity index (χ1n) is 7.73. The molecule has 8 heteroatoms. The molecule has 1 aliphatic heterocycles. The molecule has 1 aromatic rings. The van der Waals surface area contributed by atoms with Crippen LogP contribution in [0.4, 0.5) is 5.69 Å². The number of carbonyl (C=O) groups is 2. The molecule has 2 rings (SSSR count). The highest BCUT2D eigenvalue weighted by Crippen LogP contribution is 2.26. The quantitative estimate of drug-likeness (QED) is 0.470. The van der Waals surface area contributed by atoms with Gasteiger partial charge in [-0.1, -0.05) is 11.6 Å². The molecule has 130 valence electrons. The van der Waals surface area contributed by atoms with E-state index in [1.165, 1.54) is 12.1 Å². The number of ether oxygens (including phenoxy) is 1. The van der Waals surface area contributed by atoms with Crippen molar-refractivity contribution in [3.8, 4) is 0 Å². The molecule has 24 heavy (non-hydrogen) atoms. The maximum absolute atomic E-state index is 12.3. The van der Waals surface area contributed by atoms with E-state index < -0.39 is 10.9 Å². The summed E-state index contributed by atoms with van der Waals surface area (Å²) in [5.74, 6) is -1.05. The molecule has 1 aromatic carbocycles. The second-order valence-electron chi connectivity index (χ2n) is 5.93. The second-order valence-corrected chi connectivity index (χ2v) is 6.34. The summed E-state index contributed by atoms with van der Waals surface area (Å²) in [5.41, 5.74) is -0.394. The van der Waals surface area contributed by atoms with Crippen LogP contribution in [0.1, 0.15) is 43.5 Å². The van der Waals surface area contributed by atoms with Gasteiger partial charge in [-0.25, -0.2) is 4.79 Å². The Morgan fingerprint density at radius 3 is 2.54 bits per heavy atom. The number of amides is 1. The third-order valence-corrected chi connectivity index (χ3v) is 4.51. The summed E-state index contributed by atoms with van der Waals surface area (Å²) in [5, 5.41) is 10.8. The summed E-state index contributed by atoms with van der Waals surface area (Å²) in [4.78, 5) is 36.2. The van der Waals surface area contributed by atoms with E-state index in [1.54, 1.807) is 4.90 Å². The number of esters is 1. The molecule has 1 aliphatic rings. The lowest BCUT2D eigenvalue weighted by molar-refractivity contribution is -0.384. The Morgan fingerprint density at radius 2 is 1.96 bits per heavy atom. The minimum atomic E-state index is -0.791. The number of hydrogen-bond donors (Lipinski definition) is 0. The zero-order valence-electron chi connectivity index (χ0n) is 13.5. The molecule has 1 amide bonds. The Labute approximate surface area is 144 Å². The summed E-state index contributed by atoms with van der Waals surface area (Å²) >= 11 is 5.70. The number of halogens is 1. The van der Waals surface area contributed by atoms with Crippen molar-refractivity contribution >= 4 is 29.2 Å². The highest BCUT2D eigenvalue weighted by atomic mass is 35.5. The molecule has 0 aromatic heterocycles. The predicted molar refractivity (Wildman–Crippen MR) is 88.0 cm³/mol. The minimum Gasteiger partial charge on any atom is -0.452 e. The van der Waals surface area contributed by atoms with Crippen molar-refractivity contribution in [3.05, 3.63) is 38.9 Å². The number of piperidine rings is 1. The third-order valence-electron chi connectivity index (χ3n) is 4.19. The molecule has 0 aliphatic carbocycles. The van der Waals surface area contributed by atoms with E-state index in [4.69, 9.17) is 16.3 Å². The van der Waals surface area contributed by atoms with E-state index in [0.29, 0.717) is 0 Å². The molecule has 7 nitrogen and oxygen atoms in total. The lowest BCUT2D eigenvalue weighted by Crippen LogP contribution is -2.49. The van der Waals surface area contributed by atoms with Crippen LogP contribution in [0.15, 0.2) is 18.2 Å². The standard InChI is InChI=1S/C16H19ClN2O5/c1-10-4-3-5-11(2)18(10)15(20)9-24-16(21)12-6-7-13(17)14(8-12)19(22)23/h6-8,10-11H,3-5,9H2,1-2H3/t10-,11-/m1/s1. The molecule has 1 saturated heterocycles. The fraction of sp³-hybridized carbons (Fsp3) is 0.500. The van der Waals surface area contributed by atoms with Crippen LogP contribution in [0, 0.1) is 10.1 Å². The van der Waals surface area contributed by atoms with Crippen LogP contribution in [0.5, 0.6) is 0 Å². The first-order valence-corrected chi connectivity index (χ1v) is 8.11. The highest BCUT2D eigenvalue weighted by molar-refractivity contribution is 6.32. The number of benzene rings is 1. The molecule has 2 atom stereocenters. The molecule has 1 heterocycles. The predicted octanol–water partition coefficient (Wildman–Crippen LogP) is 3.19. The van der Waals surface area contributed by atoms with Gasteiger partial charge in [0.25, 0.3) is 11.6 Å². The van der Waals surface area contributed by atoms with Crippen LogP contribution < -0.4 is 0 Å². The van der Waals surface area contributed by atoms with Gasteiger partial charge in [-0.2, -0.15) is 0 Å². The molecule has 0 radical (unpaired) electrons. The Bertz CT molecular complexity index is 654. The van der Waals surface area contributed by atoms with Gasteiger partial charge in [0.2, 0.25) is 0 Å². The maximum Gasteiger partial charge on any atom is 0.338 e. The van der Waals surface area contributed by atoms with Gasteiger partial charge in [-0.15, -0.1) is 0 Å². The molecule has 0 unspecified atom stereocenters. The average Bonchev–Trinajstić information content (AvgIpc) is 2.52. The van der Waals surface area contributed by atoms with E-state index >= 15 is 0 Å². The van der Waals surface area contributed by atoms with Gasteiger partial charge in [0.1, 0.15) is 5.02 Å². The maximum atomic E-state index is 12.3. The lowest BCUT2D eigenvalue weighted by Gasteiger charge is -2.38. The number of nitro benzene ring substituents is 1. The fourth-order valence-electron chi connectivity index (χ4n) is 2.98. The number of rotatable bonds is 4.